The molecule has 1 aliphatic rings. The fraction of sp³-hybridized carbons (Fsp3) is 0.588. The highest BCUT2D eigenvalue weighted by Crippen LogP contribution is 2.28. The molecule has 1 heterocycles. The molecule has 0 unspecified atom stereocenters. The number of ketones is 1. The fourth-order valence-electron chi connectivity index (χ4n) is 2.64. The third-order valence-corrected chi connectivity index (χ3v) is 3.90. The summed E-state index contributed by atoms with van der Waals surface area (Å²) >= 11 is 0. The van der Waals surface area contributed by atoms with Gasteiger partial charge in [-0.25, -0.2) is 0 Å². The number of carbonyl (C=O) groups is 1. The molecule has 1 aromatic rings. The van der Waals surface area contributed by atoms with Gasteiger partial charge < -0.3 is 4.74 Å². The van der Waals surface area contributed by atoms with E-state index in [2.05, 4.69) is 18.7 Å². The molecule has 0 aliphatic carbocycles. The number of likely N-dealkylation sites (tertiary alicyclic amines) is 1. The average Bonchev–Trinajstić information content (AvgIpc) is 2.91. The summed E-state index contributed by atoms with van der Waals surface area (Å²) in [6.45, 7) is 9.98. The molecule has 0 N–H and O–H groups in total. The average molecular weight is 275 g/mol. The Balaban J connectivity index is 2.00. The van der Waals surface area contributed by atoms with E-state index >= 15 is 0 Å². The maximum absolute atomic E-state index is 11.5. The first-order chi connectivity index (χ1) is 9.58. The summed E-state index contributed by atoms with van der Waals surface area (Å²) in [6.07, 6.45) is 2.62. The zero-order valence-electron chi connectivity index (χ0n) is 12.8. The molecule has 0 amide bonds. The van der Waals surface area contributed by atoms with Crippen LogP contribution in [0.3, 0.4) is 0 Å². The van der Waals surface area contributed by atoms with Gasteiger partial charge in [0, 0.05) is 12.1 Å². The molecule has 3 nitrogen and oxygen atoms in total. The Morgan fingerprint density at radius 3 is 2.60 bits per heavy atom. The number of nitrogens with zero attached hydrogens (tertiary/aromatic N) is 1. The van der Waals surface area contributed by atoms with Crippen LogP contribution in [-0.4, -0.2) is 36.9 Å². The third-order valence-electron chi connectivity index (χ3n) is 3.90. The standard InChI is InChI=1S/C17H25NO2/c1-13(2)16-12-15(14(3)19)6-7-17(16)20-11-10-18-8-4-5-9-18/h6-7,12-13H,4-5,8-11H2,1-3H3. The molecular weight excluding hydrogens is 250 g/mol. The van der Waals surface area contributed by atoms with E-state index in [4.69, 9.17) is 4.74 Å². The Morgan fingerprint density at radius 2 is 2.00 bits per heavy atom. The van der Waals surface area contributed by atoms with E-state index in [1.807, 2.05) is 18.2 Å². The third kappa shape index (κ3) is 3.83. The Hall–Kier alpha value is -1.35. The van der Waals surface area contributed by atoms with E-state index in [1.165, 1.54) is 25.9 Å². The highest BCUT2D eigenvalue weighted by molar-refractivity contribution is 5.94. The van der Waals surface area contributed by atoms with Gasteiger partial charge in [0.05, 0.1) is 0 Å². The number of carbonyl (C=O) groups excluding carboxylic acids is 1. The number of hydrogen-bond donors (Lipinski definition) is 0. The van der Waals surface area contributed by atoms with E-state index in [0.29, 0.717) is 5.92 Å². The molecule has 1 saturated heterocycles. The lowest BCUT2D eigenvalue weighted by molar-refractivity contribution is 0.101. The number of benzene rings is 1. The number of hydrogen-bond acceptors (Lipinski definition) is 3. The molecule has 1 fully saturated rings. The van der Waals surface area contributed by atoms with Crippen LogP contribution >= 0.6 is 0 Å². The van der Waals surface area contributed by atoms with Gasteiger partial charge in [0.25, 0.3) is 0 Å². The minimum Gasteiger partial charge on any atom is -0.492 e. The molecular formula is C17H25NO2. The molecule has 0 radical (unpaired) electrons. The number of Topliss-reactive ketones (excluding diaryl/α,β-unsaturated/α-hetero) is 1. The summed E-state index contributed by atoms with van der Waals surface area (Å²) in [5.74, 6) is 1.39. The lowest BCUT2D eigenvalue weighted by Crippen LogP contribution is -2.25. The maximum Gasteiger partial charge on any atom is 0.159 e. The van der Waals surface area contributed by atoms with E-state index in [1.54, 1.807) is 6.92 Å². The maximum atomic E-state index is 11.5. The van der Waals surface area contributed by atoms with E-state index in [9.17, 15) is 4.79 Å². The quantitative estimate of drug-likeness (QED) is 0.744. The van der Waals surface area contributed by atoms with Crippen LogP contribution in [0.4, 0.5) is 0 Å². The second kappa shape index (κ2) is 6.89. The van der Waals surface area contributed by atoms with Crippen LogP contribution in [0.2, 0.25) is 0 Å². The number of rotatable bonds is 6. The van der Waals surface area contributed by atoms with Crippen molar-refractivity contribution in [3.8, 4) is 5.75 Å². The van der Waals surface area contributed by atoms with Gasteiger partial charge in [0.2, 0.25) is 0 Å². The van der Waals surface area contributed by atoms with Crippen molar-refractivity contribution in [2.45, 2.75) is 39.5 Å². The summed E-state index contributed by atoms with van der Waals surface area (Å²) < 4.78 is 5.94. The Morgan fingerprint density at radius 1 is 1.30 bits per heavy atom. The van der Waals surface area contributed by atoms with E-state index in [-0.39, 0.29) is 5.78 Å². The Bertz CT molecular complexity index is 462. The van der Waals surface area contributed by atoms with Crippen molar-refractivity contribution >= 4 is 5.78 Å². The summed E-state index contributed by atoms with van der Waals surface area (Å²) in [6, 6.07) is 5.77. The molecule has 20 heavy (non-hydrogen) atoms. The second-order valence-corrected chi connectivity index (χ2v) is 5.86. The molecule has 0 spiro atoms. The van der Waals surface area contributed by atoms with Gasteiger partial charge in [-0.2, -0.15) is 0 Å². The first kappa shape index (κ1) is 15.0. The molecule has 110 valence electrons. The molecule has 0 bridgehead atoms. The largest absolute Gasteiger partial charge is 0.492 e. The topological polar surface area (TPSA) is 29.5 Å². The van der Waals surface area contributed by atoms with Crippen molar-refractivity contribution in [3.63, 3.8) is 0 Å². The van der Waals surface area contributed by atoms with E-state index in [0.717, 1.165) is 30.0 Å². The molecule has 3 heteroatoms. The van der Waals surface area contributed by atoms with Crippen LogP contribution in [0.25, 0.3) is 0 Å². The Labute approximate surface area is 121 Å². The Kier molecular flexibility index (Phi) is 5.18. The zero-order valence-corrected chi connectivity index (χ0v) is 12.8. The van der Waals surface area contributed by atoms with E-state index < -0.39 is 0 Å². The van der Waals surface area contributed by atoms with Crippen LogP contribution in [0.1, 0.15) is 55.5 Å². The van der Waals surface area contributed by atoms with Crippen molar-refractivity contribution in [3.05, 3.63) is 29.3 Å². The highest BCUT2D eigenvalue weighted by atomic mass is 16.5. The molecule has 1 aromatic carbocycles. The predicted octanol–water partition coefficient (Wildman–Crippen LogP) is 3.49. The second-order valence-electron chi connectivity index (χ2n) is 5.86. The van der Waals surface area contributed by atoms with Gasteiger partial charge >= 0.3 is 0 Å². The molecule has 0 atom stereocenters. The van der Waals surface area contributed by atoms with Crippen LogP contribution in [0.15, 0.2) is 18.2 Å². The van der Waals surface area contributed by atoms with Gasteiger partial charge in [0.15, 0.2) is 5.78 Å². The monoisotopic (exact) mass is 275 g/mol. The zero-order chi connectivity index (χ0) is 14.5. The number of ether oxygens (including phenoxy) is 1. The minimum atomic E-state index is 0.107. The van der Waals surface area contributed by atoms with Crippen molar-refractivity contribution in [2.24, 2.45) is 0 Å². The predicted molar refractivity (Wildman–Crippen MR) is 81.7 cm³/mol. The summed E-state index contributed by atoms with van der Waals surface area (Å²) in [4.78, 5) is 13.9. The highest BCUT2D eigenvalue weighted by Gasteiger charge is 2.13. The van der Waals surface area contributed by atoms with Gasteiger partial charge in [-0.15, -0.1) is 0 Å². The summed E-state index contributed by atoms with van der Waals surface area (Å²) in [5, 5.41) is 0. The summed E-state index contributed by atoms with van der Waals surface area (Å²) in [7, 11) is 0. The van der Waals surface area contributed by atoms with Gasteiger partial charge in [-0.1, -0.05) is 13.8 Å². The summed E-state index contributed by atoms with van der Waals surface area (Å²) in [5.41, 5.74) is 1.89. The van der Waals surface area contributed by atoms with Crippen molar-refractivity contribution < 1.29 is 9.53 Å². The SMILES string of the molecule is CC(=O)c1ccc(OCCN2CCCC2)c(C(C)C)c1. The molecule has 0 saturated carbocycles. The van der Waals surface area contributed by atoms with Gasteiger partial charge in [-0.3, -0.25) is 9.69 Å². The van der Waals surface area contributed by atoms with Crippen LogP contribution in [0.5, 0.6) is 5.75 Å². The van der Waals surface area contributed by atoms with Crippen LogP contribution in [0, 0.1) is 0 Å². The first-order valence-corrected chi connectivity index (χ1v) is 7.58. The van der Waals surface area contributed by atoms with Crippen molar-refractivity contribution in [2.75, 3.05) is 26.2 Å². The molecule has 2 rings (SSSR count). The van der Waals surface area contributed by atoms with Crippen molar-refractivity contribution in [1.82, 2.24) is 4.90 Å². The molecule has 0 aromatic heterocycles. The van der Waals surface area contributed by atoms with Gasteiger partial charge in [0.1, 0.15) is 12.4 Å². The first-order valence-electron chi connectivity index (χ1n) is 7.58. The minimum absolute atomic E-state index is 0.107. The van der Waals surface area contributed by atoms with Crippen molar-refractivity contribution in [1.29, 1.82) is 0 Å². The smallest absolute Gasteiger partial charge is 0.159 e. The fourth-order valence-corrected chi connectivity index (χ4v) is 2.64. The molecule has 1 aliphatic heterocycles. The normalized spacial score (nSPS) is 15.8. The van der Waals surface area contributed by atoms with Crippen LogP contribution in [-0.2, 0) is 0 Å². The lowest BCUT2D eigenvalue weighted by Gasteiger charge is -2.18. The van der Waals surface area contributed by atoms with Gasteiger partial charge in [-0.05, 0) is 62.5 Å². The van der Waals surface area contributed by atoms with Crippen LogP contribution < -0.4 is 4.74 Å². The lowest BCUT2D eigenvalue weighted by atomic mass is 9.98.